The summed E-state index contributed by atoms with van der Waals surface area (Å²) in [6, 6.07) is 2.03. The van der Waals surface area contributed by atoms with E-state index in [4.69, 9.17) is 0 Å². The summed E-state index contributed by atoms with van der Waals surface area (Å²) in [4.78, 5) is 0. The van der Waals surface area contributed by atoms with Crippen LogP contribution < -0.4 is 5.32 Å². The van der Waals surface area contributed by atoms with E-state index < -0.39 is 10.0 Å². The lowest BCUT2D eigenvalue weighted by molar-refractivity contribution is 0.286. The highest BCUT2D eigenvalue weighted by molar-refractivity contribution is 7.89. The van der Waals surface area contributed by atoms with Crippen molar-refractivity contribution in [2.75, 3.05) is 19.6 Å². The van der Waals surface area contributed by atoms with E-state index in [0.717, 1.165) is 25.3 Å². The minimum absolute atomic E-state index is 0. The summed E-state index contributed by atoms with van der Waals surface area (Å²) < 4.78 is 28.0. The molecule has 8 heteroatoms. The van der Waals surface area contributed by atoms with Crippen molar-refractivity contribution in [2.45, 2.75) is 36.8 Å². The number of sulfonamides is 1. The molecule has 3 rings (SSSR count). The SMILES string of the molecule is Cl.Cn1nccc1S(=O)(=O)N1CCC(NCC2CC2)CC1. The number of piperidine rings is 1. The Bertz CT molecular complexity index is 562. The predicted octanol–water partition coefficient (Wildman–Crippen LogP) is 0.995. The Morgan fingerprint density at radius 3 is 2.48 bits per heavy atom. The number of rotatable bonds is 5. The topological polar surface area (TPSA) is 67.2 Å². The number of aromatic nitrogens is 2. The van der Waals surface area contributed by atoms with Crippen molar-refractivity contribution in [3.8, 4) is 0 Å². The van der Waals surface area contributed by atoms with Gasteiger partial charge >= 0.3 is 0 Å². The third-order valence-electron chi connectivity index (χ3n) is 4.23. The van der Waals surface area contributed by atoms with E-state index in [2.05, 4.69) is 10.4 Å². The van der Waals surface area contributed by atoms with Crippen molar-refractivity contribution in [3.05, 3.63) is 12.3 Å². The molecular weight excluding hydrogens is 312 g/mol. The van der Waals surface area contributed by atoms with Crippen molar-refractivity contribution in [3.63, 3.8) is 0 Å². The van der Waals surface area contributed by atoms with E-state index in [1.807, 2.05) is 0 Å². The first-order valence-electron chi connectivity index (χ1n) is 7.29. The second-order valence-corrected chi connectivity index (χ2v) is 7.71. The molecule has 1 aliphatic carbocycles. The maximum atomic E-state index is 12.5. The summed E-state index contributed by atoms with van der Waals surface area (Å²) in [6.07, 6.45) is 6.01. The zero-order valence-electron chi connectivity index (χ0n) is 12.2. The molecule has 21 heavy (non-hydrogen) atoms. The molecule has 0 bridgehead atoms. The van der Waals surface area contributed by atoms with Crippen LogP contribution in [0, 0.1) is 5.92 Å². The Balaban J connectivity index is 0.00000161. The zero-order chi connectivity index (χ0) is 14.2. The minimum atomic E-state index is -3.39. The van der Waals surface area contributed by atoms with Crippen molar-refractivity contribution in [1.29, 1.82) is 0 Å². The molecule has 1 aliphatic heterocycles. The molecule has 2 aliphatic rings. The second kappa shape index (κ2) is 6.64. The lowest BCUT2D eigenvalue weighted by Crippen LogP contribution is -2.45. The molecule has 0 aromatic carbocycles. The van der Waals surface area contributed by atoms with Gasteiger partial charge in [0, 0.05) is 26.2 Å². The first-order valence-corrected chi connectivity index (χ1v) is 8.73. The third-order valence-corrected chi connectivity index (χ3v) is 6.20. The highest BCUT2D eigenvalue weighted by atomic mass is 35.5. The summed E-state index contributed by atoms with van der Waals surface area (Å²) in [7, 11) is -1.72. The molecule has 1 aromatic rings. The van der Waals surface area contributed by atoms with Crippen LogP contribution in [0.1, 0.15) is 25.7 Å². The highest BCUT2D eigenvalue weighted by Gasteiger charge is 2.31. The van der Waals surface area contributed by atoms with Crippen LogP contribution in [0.2, 0.25) is 0 Å². The standard InChI is InChI=1S/C13H22N4O2S.ClH/c1-16-13(4-7-15-16)20(18,19)17-8-5-12(6-9-17)14-10-11-2-3-11;/h4,7,11-12,14H,2-3,5-6,8-10H2,1H3;1H. The van der Waals surface area contributed by atoms with Gasteiger partial charge in [0.1, 0.15) is 0 Å². The number of hydrogen-bond acceptors (Lipinski definition) is 4. The Labute approximate surface area is 132 Å². The van der Waals surface area contributed by atoms with Gasteiger partial charge in [-0.15, -0.1) is 12.4 Å². The lowest BCUT2D eigenvalue weighted by atomic mass is 10.1. The summed E-state index contributed by atoms with van der Waals surface area (Å²) in [5.74, 6) is 0.867. The molecule has 0 atom stereocenters. The van der Waals surface area contributed by atoms with Gasteiger partial charge in [0.25, 0.3) is 10.0 Å². The van der Waals surface area contributed by atoms with Crippen LogP contribution in [0.3, 0.4) is 0 Å². The van der Waals surface area contributed by atoms with E-state index in [9.17, 15) is 8.42 Å². The summed E-state index contributed by atoms with van der Waals surface area (Å²) in [6.45, 7) is 2.28. The Hall–Kier alpha value is -0.630. The summed E-state index contributed by atoms with van der Waals surface area (Å²) in [5, 5.41) is 7.79. The van der Waals surface area contributed by atoms with Crippen LogP contribution >= 0.6 is 12.4 Å². The Kier molecular flexibility index (Phi) is 5.29. The van der Waals surface area contributed by atoms with E-state index in [1.54, 1.807) is 17.4 Å². The predicted molar refractivity (Wildman–Crippen MR) is 83.0 cm³/mol. The lowest BCUT2D eigenvalue weighted by Gasteiger charge is -2.31. The number of hydrogen-bond donors (Lipinski definition) is 1. The van der Waals surface area contributed by atoms with Gasteiger partial charge in [0.15, 0.2) is 5.03 Å². The number of halogens is 1. The van der Waals surface area contributed by atoms with Gasteiger partial charge in [-0.05, 0) is 44.2 Å². The molecule has 0 radical (unpaired) electrons. The van der Waals surface area contributed by atoms with Gasteiger partial charge < -0.3 is 5.32 Å². The molecule has 120 valence electrons. The number of aryl methyl sites for hydroxylation is 1. The fourth-order valence-corrected chi connectivity index (χ4v) is 4.27. The fraction of sp³-hybridized carbons (Fsp3) is 0.769. The van der Waals surface area contributed by atoms with Crippen LogP contribution in [0.4, 0.5) is 0 Å². The van der Waals surface area contributed by atoms with Gasteiger partial charge in [-0.3, -0.25) is 4.68 Å². The van der Waals surface area contributed by atoms with Crippen LogP contribution in [-0.2, 0) is 17.1 Å². The van der Waals surface area contributed by atoms with Crippen molar-refractivity contribution >= 4 is 22.4 Å². The Morgan fingerprint density at radius 2 is 1.95 bits per heavy atom. The van der Waals surface area contributed by atoms with E-state index in [1.165, 1.54) is 23.7 Å². The minimum Gasteiger partial charge on any atom is -0.314 e. The van der Waals surface area contributed by atoms with Crippen molar-refractivity contribution in [1.82, 2.24) is 19.4 Å². The monoisotopic (exact) mass is 334 g/mol. The molecular formula is C13H23ClN4O2S. The first kappa shape index (κ1) is 16.7. The van der Waals surface area contributed by atoms with Crippen LogP contribution in [0.25, 0.3) is 0 Å². The quantitative estimate of drug-likeness (QED) is 0.872. The molecule has 0 spiro atoms. The van der Waals surface area contributed by atoms with Gasteiger partial charge in [-0.25, -0.2) is 8.42 Å². The largest absolute Gasteiger partial charge is 0.314 e. The maximum Gasteiger partial charge on any atom is 0.260 e. The van der Waals surface area contributed by atoms with E-state index >= 15 is 0 Å². The van der Waals surface area contributed by atoms with Gasteiger partial charge in [-0.2, -0.15) is 9.40 Å². The van der Waals surface area contributed by atoms with Gasteiger partial charge in [0.2, 0.25) is 0 Å². The van der Waals surface area contributed by atoms with Crippen LogP contribution in [0.5, 0.6) is 0 Å². The summed E-state index contributed by atoms with van der Waals surface area (Å²) in [5.41, 5.74) is 0. The average molecular weight is 335 g/mol. The average Bonchev–Trinajstić information content (AvgIpc) is 3.17. The van der Waals surface area contributed by atoms with Crippen molar-refractivity contribution < 1.29 is 8.42 Å². The molecule has 0 unspecified atom stereocenters. The zero-order valence-corrected chi connectivity index (χ0v) is 13.9. The van der Waals surface area contributed by atoms with Crippen molar-refractivity contribution in [2.24, 2.45) is 13.0 Å². The Morgan fingerprint density at radius 1 is 1.29 bits per heavy atom. The van der Waals surface area contributed by atoms with E-state index in [-0.39, 0.29) is 17.4 Å². The van der Waals surface area contributed by atoms with Crippen LogP contribution in [-0.4, -0.2) is 48.2 Å². The summed E-state index contributed by atoms with van der Waals surface area (Å²) >= 11 is 0. The molecule has 2 heterocycles. The fourth-order valence-electron chi connectivity index (χ4n) is 2.70. The number of nitrogens with one attached hydrogen (secondary N) is 1. The van der Waals surface area contributed by atoms with E-state index in [0.29, 0.717) is 19.1 Å². The third kappa shape index (κ3) is 3.77. The van der Waals surface area contributed by atoms with Crippen LogP contribution in [0.15, 0.2) is 17.3 Å². The first-order chi connectivity index (χ1) is 9.57. The molecule has 1 saturated heterocycles. The smallest absolute Gasteiger partial charge is 0.260 e. The molecule has 6 nitrogen and oxygen atoms in total. The molecule has 1 saturated carbocycles. The highest BCUT2D eigenvalue weighted by Crippen LogP contribution is 2.28. The molecule has 1 aromatic heterocycles. The molecule has 1 N–H and O–H groups in total. The molecule has 2 fully saturated rings. The molecule has 0 amide bonds. The maximum absolute atomic E-state index is 12.5. The second-order valence-electron chi connectivity index (χ2n) is 5.82. The van der Waals surface area contributed by atoms with Gasteiger partial charge in [0.05, 0.1) is 6.20 Å². The van der Waals surface area contributed by atoms with Gasteiger partial charge in [-0.1, -0.05) is 0 Å². The number of nitrogens with zero attached hydrogens (tertiary/aromatic N) is 3. The normalized spacial score (nSPS) is 21.2.